The molecule has 1 aliphatic rings. The van der Waals surface area contributed by atoms with Gasteiger partial charge in [-0.2, -0.15) is 0 Å². The van der Waals surface area contributed by atoms with Gasteiger partial charge in [0.2, 0.25) is 5.91 Å². The molecule has 8 heteroatoms. The molecule has 124 valence electrons. The largest absolute Gasteiger partial charge is 0.444 e. The predicted molar refractivity (Wildman–Crippen MR) is 82.1 cm³/mol. The van der Waals surface area contributed by atoms with Gasteiger partial charge in [-0.25, -0.2) is 4.79 Å². The quantitative estimate of drug-likeness (QED) is 0.491. The Morgan fingerprint density at radius 2 is 1.95 bits per heavy atom. The van der Waals surface area contributed by atoms with Crippen molar-refractivity contribution in [2.24, 2.45) is 11.0 Å². The van der Waals surface area contributed by atoms with Crippen LogP contribution in [0.3, 0.4) is 0 Å². The lowest BCUT2D eigenvalue weighted by molar-refractivity contribution is -0.134. The van der Waals surface area contributed by atoms with Crippen LogP contribution in [-0.4, -0.2) is 48.7 Å². The molecule has 0 aromatic rings. The van der Waals surface area contributed by atoms with Gasteiger partial charge in [0.1, 0.15) is 5.60 Å². The van der Waals surface area contributed by atoms with Crippen molar-refractivity contribution in [2.45, 2.75) is 57.7 Å². The van der Waals surface area contributed by atoms with Crippen molar-refractivity contribution in [1.29, 1.82) is 0 Å². The molecule has 1 rings (SSSR count). The second-order valence-electron chi connectivity index (χ2n) is 6.77. The lowest BCUT2D eigenvalue weighted by atomic mass is 9.82. The monoisotopic (exact) mass is 311 g/mol. The van der Waals surface area contributed by atoms with Crippen molar-refractivity contribution in [2.75, 3.05) is 14.1 Å². The number of hydrogen-bond acceptors (Lipinski definition) is 4. The molecule has 0 aromatic heterocycles. The Morgan fingerprint density at radius 3 is 2.45 bits per heavy atom. The summed E-state index contributed by atoms with van der Waals surface area (Å²) in [7, 11) is 3.41. The zero-order valence-electron chi connectivity index (χ0n) is 13.9. The summed E-state index contributed by atoms with van der Waals surface area (Å²) in [6.45, 7) is 5.32. The van der Waals surface area contributed by atoms with Gasteiger partial charge in [-0.05, 0) is 45.6 Å². The first-order valence-corrected chi connectivity index (χ1v) is 7.39. The molecule has 0 heterocycles. The Kier molecular flexibility index (Phi) is 6.05. The van der Waals surface area contributed by atoms with Crippen LogP contribution in [0.4, 0.5) is 4.79 Å². The number of amides is 2. The van der Waals surface area contributed by atoms with Crippen molar-refractivity contribution in [3.63, 3.8) is 0 Å². The van der Waals surface area contributed by atoms with E-state index >= 15 is 0 Å². The van der Waals surface area contributed by atoms with E-state index in [1.165, 1.54) is 0 Å². The highest BCUT2D eigenvalue weighted by molar-refractivity contribution is 5.78. The van der Waals surface area contributed by atoms with Crippen LogP contribution < -0.4 is 5.32 Å². The van der Waals surface area contributed by atoms with E-state index in [2.05, 4.69) is 15.3 Å². The molecule has 22 heavy (non-hydrogen) atoms. The minimum Gasteiger partial charge on any atom is -0.444 e. The standard InChI is InChI=1S/C14H25N5O3/c1-14(2,3)22-13(21)16-11-8-9(12(20)19(4)5)6-7-10(11)17-18-15/h9-11H,6-8H2,1-5H3,(H,16,21). The second kappa shape index (κ2) is 7.35. The smallest absolute Gasteiger partial charge is 0.407 e. The van der Waals surface area contributed by atoms with Crippen molar-refractivity contribution in [1.82, 2.24) is 10.2 Å². The number of hydrogen-bond donors (Lipinski definition) is 1. The average molecular weight is 311 g/mol. The van der Waals surface area contributed by atoms with E-state index in [0.717, 1.165) is 0 Å². The van der Waals surface area contributed by atoms with Gasteiger partial charge in [0.15, 0.2) is 0 Å². The summed E-state index contributed by atoms with van der Waals surface area (Å²) in [6, 6.07) is -0.753. The Labute approximate surface area is 130 Å². The minimum absolute atomic E-state index is 0.0235. The van der Waals surface area contributed by atoms with Crippen molar-refractivity contribution >= 4 is 12.0 Å². The lowest BCUT2D eigenvalue weighted by Crippen LogP contribution is -2.49. The predicted octanol–water partition coefficient (Wildman–Crippen LogP) is 2.45. The summed E-state index contributed by atoms with van der Waals surface area (Å²) >= 11 is 0. The van der Waals surface area contributed by atoms with Gasteiger partial charge in [-0.15, -0.1) is 0 Å². The fourth-order valence-corrected chi connectivity index (χ4v) is 2.56. The summed E-state index contributed by atoms with van der Waals surface area (Å²) in [6.07, 6.45) is 1.09. The number of ether oxygens (including phenoxy) is 1. The minimum atomic E-state index is -0.606. The maximum absolute atomic E-state index is 12.1. The molecule has 0 radical (unpaired) electrons. The Morgan fingerprint density at radius 1 is 1.32 bits per heavy atom. The van der Waals surface area contributed by atoms with E-state index in [0.29, 0.717) is 19.3 Å². The van der Waals surface area contributed by atoms with Gasteiger partial charge in [0.05, 0.1) is 6.04 Å². The number of rotatable bonds is 3. The van der Waals surface area contributed by atoms with Gasteiger partial charge >= 0.3 is 6.09 Å². The molecule has 0 bridgehead atoms. The fourth-order valence-electron chi connectivity index (χ4n) is 2.56. The highest BCUT2D eigenvalue weighted by Gasteiger charge is 2.35. The zero-order valence-corrected chi connectivity index (χ0v) is 13.9. The molecule has 0 saturated heterocycles. The molecule has 1 fully saturated rings. The number of carbonyl (C=O) groups is 2. The molecule has 0 aromatic carbocycles. The lowest BCUT2D eigenvalue weighted by Gasteiger charge is -2.35. The molecule has 0 aliphatic heterocycles. The molecule has 3 unspecified atom stereocenters. The van der Waals surface area contributed by atoms with Crippen LogP contribution in [-0.2, 0) is 9.53 Å². The number of carbonyl (C=O) groups excluding carboxylic acids is 2. The Hall–Kier alpha value is -1.95. The number of nitrogens with zero attached hydrogens (tertiary/aromatic N) is 4. The summed E-state index contributed by atoms with van der Waals surface area (Å²) in [4.78, 5) is 28.4. The van der Waals surface area contributed by atoms with E-state index in [-0.39, 0.29) is 17.9 Å². The third-order valence-corrected chi connectivity index (χ3v) is 3.51. The average Bonchev–Trinajstić information content (AvgIpc) is 2.37. The second-order valence-corrected chi connectivity index (χ2v) is 6.77. The maximum Gasteiger partial charge on any atom is 0.407 e. The molecule has 1 N–H and O–H groups in total. The molecule has 3 atom stereocenters. The van der Waals surface area contributed by atoms with Gasteiger partial charge in [-0.3, -0.25) is 4.79 Å². The van der Waals surface area contributed by atoms with Gasteiger partial charge in [0, 0.05) is 31.0 Å². The fraction of sp³-hybridized carbons (Fsp3) is 0.857. The summed E-state index contributed by atoms with van der Waals surface area (Å²) in [5, 5.41) is 6.48. The summed E-state index contributed by atoms with van der Waals surface area (Å²) < 4.78 is 5.23. The van der Waals surface area contributed by atoms with Crippen molar-refractivity contribution in [3.05, 3.63) is 10.4 Å². The molecular formula is C14H25N5O3. The van der Waals surface area contributed by atoms with Crippen molar-refractivity contribution < 1.29 is 14.3 Å². The normalized spacial score (nSPS) is 24.9. The van der Waals surface area contributed by atoms with Gasteiger partial charge < -0.3 is 15.0 Å². The van der Waals surface area contributed by atoms with E-state index in [1.807, 2.05) is 0 Å². The molecular weight excluding hydrogens is 286 g/mol. The zero-order chi connectivity index (χ0) is 16.9. The molecule has 1 aliphatic carbocycles. The van der Waals surface area contributed by atoms with E-state index in [9.17, 15) is 9.59 Å². The van der Waals surface area contributed by atoms with Crippen LogP contribution in [0.1, 0.15) is 40.0 Å². The van der Waals surface area contributed by atoms with Crippen LogP contribution in [0, 0.1) is 5.92 Å². The maximum atomic E-state index is 12.1. The van der Waals surface area contributed by atoms with Gasteiger partial charge in [0.25, 0.3) is 0 Å². The topological polar surface area (TPSA) is 107 Å². The first kappa shape index (κ1) is 18.1. The molecule has 8 nitrogen and oxygen atoms in total. The summed E-state index contributed by atoms with van der Waals surface area (Å²) in [5.74, 6) is -0.157. The van der Waals surface area contributed by atoms with Crippen LogP contribution in [0.25, 0.3) is 10.4 Å². The van der Waals surface area contributed by atoms with Crippen LogP contribution in [0.15, 0.2) is 5.11 Å². The van der Waals surface area contributed by atoms with Crippen molar-refractivity contribution in [3.8, 4) is 0 Å². The SMILES string of the molecule is CN(C)C(=O)C1CCC(N=[N+]=[N-])C(NC(=O)OC(C)(C)C)C1. The Bertz CT molecular complexity index is 466. The Balaban J connectivity index is 2.77. The third kappa shape index (κ3) is 5.44. The first-order valence-electron chi connectivity index (χ1n) is 7.39. The molecule has 0 spiro atoms. The number of nitrogens with one attached hydrogen (secondary N) is 1. The van der Waals surface area contributed by atoms with Crippen LogP contribution in [0.5, 0.6) is 0 Å². The summed E-state index contributed by atoms with van der Waals surface area (Å²) in [5.41, 5.74) is 8.05. The van der Waals surface area contributed by atoms with E-state index in [4.69, 9.17) is 10.3 Å². The molecule has 2 amide bonds. The van der Waals surface area contributed by atoms with E-state index < -0.39 is 17.7 Å². The number of alkyl carbamates (subject to hydrolysis) is 1. The molecule has 1 saturated carbocycles. The van der Waals surface area contributed by atoms with Gasteiger partial charge in [-0.1, -0.05) is 5.11 Å². The van der Waals surface area contributed by atoms with Crippen LogP contribution >= 0.6 is 0 Å². The highest BCUT2D eigenvalue weighted by Crippen LogP contribution is 2.28. The van der Waals surface area contributed by atoms with Crippen LogP contribution in [0.2, 0.25) is 0 Å². The number of azide groups is 1. The van der Waals surface area contributed by atoms with E-state index in [1.54, 1.807) is 39.8 Å². The highest BCUT2D eigenvalue weighted by atomic mass is 16.6. The first-order chi connectivity index (χ1) is 10.1. The third-order valence-electron chi connectivity index (χ3n) is 3.51.